The molecule has 1 fully saturated rings. The van der Waals surface area contributed by atoms with Crippen LogP contribution in [0.4, 0.5) is 0 Å². The second-order valence-corrected chi connectivity index (χ2v) is 8.31. The SMILES string of the molecule is CC(C)(C)NC(=O)CN1CCN(C(=O)c2ccc(Oc3ccccc3)cc2)CC1. The van der Waals surface area contributed by atoms with Gasteiger partial charge in [-0.15, -0.1) is 0 Å². The standard InChI is InChI=1S/C23H29N3O3/c1-23(2,3)24-21(27)17-25-13-15-26(16-14-25)22(28)18-9-11-20(12-10-18)29-19-7-5-4-6-8-19/h4-12H,13-17H2,1-3H3,(H,24,27). The van der Waals surface area contributed by atoms with Crippen LogP contribution in [-0.4, -0.2) is 59.9 Å². The molecule has 0 radical (unpaired) electrons. The van der Waals surface area contributed by atoms with Gasteiger partial charge in [-0.3, -0.25) is 14.5 Å². The molecule has 6 nitrogen and oxygen atoms in total. The molecule has 1 saturated heterocycles. The Morgan fingerprint density at radius 2 is 1.48 bits per heavy atom. The van der Waals surface area contributed by atoms with Crippen molar-refractivity contribution in [3.8, 4) is 11.5 Å². The highest BCUT2D eigenvalue weighted by Crippen LogP contribution is 2.21. The molecule has 1 aliphatic heterocycles. The summed E-state index contributed by atoms with van der Waals surface area (Å²) < 4.78 is 5.77. The smallest absolute Gasteiger partial charge is 0.253 e. The van der Waals surface area contributed by atoms with Crippen molar-refractivity contribution in [1.29, 1.82) is 0 Å². The molecule has 1 heterocycles. The van der Waals surface area contributed by atoms with Crippen molar-refractivity contribution in [3.05, 3.63) is 60.2 Å². The fraction of sp³-hybridized carbons (Fsp3) is 0.391. The van der Waals surface area contributed by atoms with Crippen LogP contribution in [0.1, 0.15) is 31.1 Å². The summed E-state index contributed by atoms with van der Waals surface area (Å²) in [5.74, 6) is 1.49. The van der Waals surface area contributed by atoms with E-state index in [2.05, 4.69) is 10.2 Å². The number of hydrogen-bond acceptors (Lipinski definition) is 4. The fourth-order valence-electron chi connectivity index (χ4n) is 3.24. The Morgan fingerprint density at radius 3 is 2.07 bits per heavy atom. The molecular formula is C23H29N3O3. The van der Waals surface area contributed by atoms with Crippen LogP contribution in [0.25, 0.3) is 0 Å². The summed E-state index contributed by atoms with van der Waals surface area (Å²) >= 11 is 0. The van der Waals surface area contributed by atoms with Gasteiger partial charge in [0, 0.05) is 37.3 Å². The van der Waals surface area contributed by atoms with Gasteiger partial charge in [0.05, 0.1) is 6.54 Å². The zero-order valence-corrected chi connectivity index (χ0v) is 17.4. The zero-order valence-electron chi connectivity index (χ0n) is 17.4. The molecule has 0 unspecified atom stereocenters. The van der Waals surface area contributed by atoms with Crippen LogP contribution in [-0.2, 0) is 4.79 Å². The highest BCUT2D eigenvalue weighted by molar-refractivity contribution is 5.94. The summed E-state index contributed by atoms with van der Waals surface area (Å²) in [6, 6.07) is 16.8. The van der Waals surface area contributed by atoms with E-state index in [0.29, 0.717) is 44.0 Å². The third-order valence-electron chi connectivity index (χ3n) is 4.62. The van der Waals surface area contributed by atoms with Gasteiger partial charge >= 0.3 is 0 Å². The van der Waals surface area contributed by atoms with Crippen LogP contribution in [0.5, 0.6) is 11.5 Å². The molecule has 3 rings (SSSR count). The number of nitrogens with zero attached hydrogens (tertiary/aromatic N) is 2. The quantitative estimate of drug-likeness (QED) is 0.845. The van der Waals surface area contributed by atoms with Gasteiger partial charge in [0.2, 0.25) is 5.91 Å². The first-order valence-electron chi connectivity index (χ1n) is 9.96. The molecule has 0 saturated carbocycles. The number of carbonyl (C=O) groups excluding carboxylic acids is 2. The molecule has 0 atom stereocenters. The van der Waals surface area contributed by atoms with Crippen LogP contribution in [0, 0.1) is 0 Å². The number of nitrogens with one attached hydrogen (secondary N) is 1. The Bertz CT molecular complexity index is 821. The minimum Gasteiger partial charge on any atom is -0.457 e. The summed E-state index contributed by atoms with van der Waals surface area (Å²) in [7, 11) is 0. The minimum atomic E-state index is -0.231. The fourth-order valence-corrected chi connectivity index (χ4v) is 3.24. The van der Waals surface area contributed by atoms with Crippen molar-refractivity contribution in [1.82, 2.24) is 15.1 Å². The van der Waals surface area contributed by atoms with Crippen LogP contribution in [0.15, 0.2) is 54.6 Å². The third-order valence-corrected chi connectivity index (χ3v) is 4.62. The van der Waals surface area contributed by atoms with Crippen LogP contribution in [0.2, 0.25) is 0 Å². The Kier molecular flexibility index (Phi) is 6.54. The summed E-state index contributed by atoms with van der Waals surface area (Å²) in [4.78, 5) is 28.8. The number of para-hydroxylation sites is 1. The molecule has 0 aromatic heterocycles. The maximum absolute atomic E-state index is 12.8. The van der Waals surface area contributed by atoms with E-state index in [1.807, 2.05) is 68.1 Å². The lowest BCUT2D eigenvalue weighted by Crippen LogP contribution is -2.52. The van der Waals surface area contributed by atoms with E-state index in [4.69, 9.17) is 4.74 Å². The van der Waals surface area contributed by atoms with Crippen LogP contribution >= 0.6 is 0 Å². The number of hydrogen-bond donors (Lipinski definition) is 1. The molecule has 0 aliphatic carbocycles. The van der Waals surface area contributed by atoms with Gasteiger partial charge in [0.25, 0.3) is 5.91 Å². The summed E-state index contributed by atoms with van der Waals surface area (Å²) in [6.07, 6.45) is 0. The normalized spacial score (nSPS) is 15.1. The van der Waals surface area contributed by atoms with E-state index in [1.54, 1.807) is 12.1 Å². The predicted octanol–water partition coefficient (Wildman–Crippen LogP) is 3.15. The number of piperazine rings is 1. The molecule has 0 bridgehead atoms. The first-order valence-corrected chi connectivity index (χ1v) is 9.96. The number of amides is 2. The third kappa shape index (κ3) is 6.32. The molecular weight excluding hydrogens is 366 g/mol. The predicted molar refractivity (Wildman–Crippen MR) is 113 cm³/mol. The van der Waals surface area contributed by atoms with Crippen molar-refractivity contribution in [2.45, 2.75) is 26.3 Å². The summed E-state index contributed by atoms with van der Waals surface area (Å²) in [5.41, 5.74) is 0.412. The van der Waals surface area contributed by atoms with E-state index >= 15 is 0 Å². The lowest BCUT2D eigenvalue weighted by atomic mass is 10.1. The van der Waals surface area contributed by atoms with Gasteiger partial charge in [0.15, 0.2) is 0 Å². The van der Waals surface area contributed by atoms with E-state index in [9.17, 15) is 9.59 Å². The highest BCUT2D eigenvalue weighted by Gasteiger charge is 2.24. The molecule has 0 spiro atoms. The lowest BCUT2D eigenvalue weighted by Gasteiger charge is -2.35. The van der Waals surface area contributed by atoms with Gasteiger partial charge < -0.3 is 15.0 Å². The average molecular weight is 396 g/mol. The zero-order chi connectivity index (χ0) is 20.9. The van der Waals surface area contributed by atoms with E-state index < -0.39 is 0 Å². The molecule has 2 amide bonds. The maximum atomic E-state index is 12.8. The van der Waals surface area contributed by atoms with Gasteiger partial charge in [-0.05, 0) is 57.2 Å². The molecule has 6 heteroatoms. The van der Waals surface area contributed by atoms with Crippen molar-refractivity contribution in [2.75, 3.05) is 32.7 Å². The van der Waals surface area contributed by atoms with Crippen molar-refractivity contribution >= 4 is 11.8 Å². The summed E-state index contributed by atoms with van der Waals surface area (Å²) in [5, 5.41) is 2.98. The topological polar surface area (TPSA) is 61.9 Å². The molecule has 29 heavy (non-hydrogen) atoms. The Hall–Kier alpha value is -2.86. The van der Waals surface area contributed by atoms with Gasteiger partial charge in [-0.1, -0.05) is 18.2 Å². The second kappa shape index (κ2) is 9.09. The van der Waals surface area contributed by atoms with Gasteiger partial charge in [-0.2, -0.15) is 0 Å². The van der Waals surface area contributed by atoms with Crippen LogP contribution < -0.4 is 10.1 Å². The minimum absolute atomic E-state index is 0.00931. The maximum Gasteiger partial charge on any atom is 0.253 e. The Morgan fingerprint density at radius 1 is 0.897 bits per heavy atom. The van der Waals surface area contributed by atoms with E-state index in [-0.39, 0.29) is 17.4 Å². The van der Waals surface area contributed by atoms with E-state index in [1.165, 1.54) is 0 Å². The first kappa shape index (κ1) is 20.9. The number of ether oxygens (including phenoxy) is 1. The monoisotopic (exact) mass is 395 g/mol. The van der Waals surface area contributed by atoms with Crippen molar-refractivity contribution in [2.24, 2.45) is 0 Å². The second-order valence-electron chi connectivity index (χ2n) is 8.31. The molecule has 1 aliphatic rings. The van der Waals surface area contributed by atoms with E-state index in [0.717, 1.165) is 5.75 Å². The Balaban J connectivity index is 1.49. The molecule has 1 N–H and O–H groups in total. The van der Waals surface area contributed by atoms with Crippen molar-refractivity contribution in [3.63, 3.8) is 0 Å². The molecule has 154 valence electrons. The molecule has 2 aromatic rings. The average Bonchev–Trinajstić information content (AvgIpc) is 2.68. The van der Waals surface area contributed by atoms with Gasteiger partial charge in [0.1, 0.15) is 11.5 Å². The number of rotatable bonds is 5. The van der Waals surface area contributed by atoms with Gasteiger partial charge in [-0.25, -0.2) is 0 Å². The van der Waals surface area contributed by atoms with Crippen LogP contribution in [0.3, 0.4) is 0 Å². The first-order chi connectivity index (χ1) is 13.8. The lowest BCUT2D eigenvalue weighted by molar-refractivity contribution is -0.124. The molecule has 2 aromatic carbocycles. The number of carbonyl (C=O) groups is 2. The highest BCUT2D eigenvalue weighted by atomic mass is 16.5. The van der Waals surface area contributed by atoms with Crippen molar-refractivity contribution < 1.29 is 14.3 Å². The Labute approximate surface area is 172 Å². The summed E-state index contributed by atoms with van der Waals surface area (Å²) in [6.45, 7) is 8.89. The largest absolute Gasteiger partial charge is 0.457 e. The number of benzene rings is 2.